The minimum atomic E-state index is -0.269. The summed E-state index contributed by atoms with van der Waals surface area (Å²) in [7, 11) is 0. The first-order chi connectivity index (χ1) is 15.6. The van der Waals surface area contributed by atoms with Crippen LogP contribution in [0.15, 0.2) is 36.7 Å². The summed E-state index contributed by atoms with van der Waals surface area (Å²) >= 11 is 0. The Bertz CT molecular complexity index is 756. The van der Waals surface area contributed by atoms with Crippen molar-refractivity contribution in [2.45, 2.75) is 97.8 Å². The fourth-order valence-electron chi connectivity index (χ4n) is 3.62. The van der Waals surface area contributed by atoms with Crippen LogP contribution in [-0.4, -0.2) is 22.5 Å². The number of aryl methyl sites for hydroxylation is 1. The predicted molar refractivity (Wildman–Crippen MR) is 133 cm³/mol. The van der Waals surface area contributed by atoms with Crippen LogP contribution in [0.5, 0.6) is 0 Å². The van der Waals surface area contributed by atoms with Gasteiger partial charge in [-0.2, -0.15) is 0 Å². The van der Waals surface area contributed by atoms with Gasteiger partial charge in [0, 0.05) is 11.8 Å². The molecule has 2 aromatic rings. The molecule has 4 nitrogen and oxygen atoms in total. The number of carbonyl (C=O) groups excluding carboxylic acids is 1. The highest BCUT2D eigenvalue weighted by molar-refractivity contribution is 5.90. The van der Waals surface area contributed by atoms with Crippen molar-refractivity contribution in [1.29, 1.82) is 0 Å². The first kappa shape index (κ1) is 26.0. The van der Waals surface area contributed by atoms with Crippen molar-refractivity contribution in [3.63, 3.8) is 0 Å². The van der Waals surface area contributed by atoms with Crippen molar-refractivity contribution in [2.24, 2.45) is 5.92 Å². The summed E-state index contributed by atoms with van der Waals surface area (Å²) < 4.78 is 5.36. The number of aromatic nitrogens is 2. The van der Waals surface area contributed by atoms with E-state index in [0.29, 0.717) is 18.1 Å². The molecular formula is C28H42N2O2. The van der Waals surface area contributed by atoms with Gasteiger partial charge in [-0.05, 0) is 30.9 Å². The Hall–Kier alpha value is -2.23. The Morgan fingerprint density at radius 1 is 0.844 bits per heavy atom. The largest absolute Gasteiger partial charge is 0.462 e. The van der Waals surface area contributed by atoms with E-state index in [0.717, 1.165) is 29.8 Å². The summed E-state index contributed by atoms with van der Waals surface area (Å²) in [6, 6.07) is 7.42. The Morgan fingerprint density at radius 2 is 1.47 bits per heavy atom. The number of unbranched alkanes of at least 4 members (excludes halogenated alkanes) is 9. The van der Waals surface area contributed by atoms with Crippen LogP contribution >= 0.6 is 0 Å². The highest BCUT2D eigenvalue weighted by Gasteiger charge is 2.10. The predicted octanol–water partition coefficient (Wildman–Crippen LogP) is 7.81. The third-order valence-electron chi connectivity index (χ3n) is 6.10. The van der Waals surface area contributed by atoms with Crippen molar-refractivity contribution < 1.29 is 9.53 Å². The molecule has 0 saturated carbocycles. The number of hydrogen-bond donors (Lipinski definition) is 0. The van der Waals surface area contributed by atoms with Gasteiger partial charge in [-0.3, -0.25) is 9.97 Å². The zero-order valence-electron chi connectivity index (χ0n) is 20.4. The van der Waals surface area contributed by atoms with Gasteiger partial charge in [-0.25, -0.2) is 4.79 Å². The normalized spacial score (nSPS) is 12.0. The summed E-state index contributed by atoms with van der Waals surface area (Å²) in [5, 5.41) is 0. The maximum atomic E-state index is 12.1. The average molecular weight is 439 g/mol. The SMILES string of the molecule is CCCCCCCCCCCCc1cnc(-c2ccc(C(=O)OCC(C)CC)cc2)cn1. The fraction of sp³-hybridized carbons (Fsp3) is 0.607. The molecule has 32 heavy (non-hydrogen) atoms. The van der Waals surface area contributed by atoms with Crippen LogP contribution < -0.4 is 0 Å². The van der Waals surface area contributed by atoms with Crippen LogP contribution in [0, 0.1) is 5.92 Å². The van der Waals surface area contributed by atoms with Crippen molar-refractivity contribution >= 4 is 5.97 Å². The summed E-state index contributed by atoms with van der Waals surface area (Å²) in [4.78, 5) is 21.3. The van der Waals surface area contributed by atoms with E-state index in [2.05, 4.69) is 30.7 Å². The van der Waals surface area contributed by atoms with E-state index >= 15 is 0 Å². The monoisotopic (exact) mass is 438 g/mol. The van der Waals surface area contributed by atoms with Crippen molar-refractivity contribution in [2.75, 3.05) is 6.61 Å². The standard InChI is InChI=1S/C28H42N2O2/c1-4-6-7-8-9-10-11-12-13-14-15-26-20-30-27(21-29-26)24-16-18-25(19-17-24)28(31)32-22-23(3)5-2/h16-21,23H,4-15,22H2,1-3H3. The van der Waals surface area contributed by atoms with Gasteiger partial charge in [0.2, 0.25) is 0 Å². The third kappa shape index (κ3) is 9.93. The van der Waals surface area contributed by atoms with E-state index in [1.165, 1.54) is 64.2 Å². The smallest absolute Gasteiger partial charge is 0.338 e. The van der Waals surface area contributed by atoms with Gasteiger partial charge in [0.25, 0.3) is 0 Å². The molecule has 0 saturated heterocycles. The Labute approximate surface area is 195 Å². The van der Waals surface area contributed by atoms with Gasteiger partial charge < -0.3 is 4.74 Å². The maximum Gasteiger partial charge on any atom is 0.338 e. The lowest BCUT2D eigenvalue weighted by atomic mass is 10.1. The third-order valence-corrected chi connectivity index (χ3v) is 6.10. The molecule has 0 aliphatic heterocycles. The number of esters is 1. The van der Waals surface area contributed by atoms with E-state index in [-0.39, 0.29) is 5.97 Å². The molecular weight excluding hydrogens is 396 g/mol. The van der Waals surface area contributed by atoms with Crippen LogP contribution in [0.3, 0.4) is 0 Å². The molecule has 2 rings (SSSR count). The molecule has 0 radical (unpaired) electrons. The number of hydrogen-bond acceptors (Lipinski definition) is 4. The number of ether oxygens (including phenoxy) is 1. The molecule has 1 heterocycles. The molecule has 0 bridgehead atoms. The number of carbonyl (C=O) groups is 1. The lowest BCUT2D eigenvalue weighted by Crippen LogP contribution is -2.11. The number of rotatable bonds is 16. The molecule has 1 aromatic carbocycles. The Balaban J connectivity index is 1.68. The Morgan fingerprint density at radius 3 is 2.03 bits per heavy atom. The van der Waals surface area contributed by atoms with Gasteiger partial charge >= 0.3 is 5.97 Å². The van der Waals surface area contributed by atoms with Crippen LogP contribution in [-0.2, 0) is 11.2 Å². The fourth-order valence-corrected chi connectivity index (χ4v) is 3.62. The second-order valence-electron chi connectivity index (χ2n) is 9.01. The van der Waals surface area contributed by atoms with Crippen LogP contribution in [0.2, 0.25) is 0 Å². The minimum absolute atomic E-state index is 0.269. The second kappa shape index (κ2) is 15.6. The maximum absolute atomic E-state index is 12.1. The van der Waals surface area contributed by atoms with E-state index in [1.807, 2.05) is 24.5 Å². The quantitative estimate of drug-likeness (QED) is 0.198. The molecule has 0 fully saturated rings. The zero-order chi connectivity index (χ0) is 23.0. The molecule has 1 atom stereocenters. The molecule has 0 spiro atoms. The first-order valence-electron chi connectivity index (χ1n) is 12.7. The van der Waals surface area contributed by atoms with E-state index in [4.69, 9.17) is 4.74 Å². The zero-order valence-corrected chi connectivity index (χ0v) is 20.4. The van der Waals surface area contributed by atoms with Crippen LogP contribution in [0.25, 0.3) is 11.3 Å². The van der Waals surface area contributed by atoms with Crippen LogP contribution in [0.1, 0.15) is 107 Å². The second-order valence-corrected chi connectivity index (χ2v) is 9.01. The molecule has 0 N–H and O–H groups in total. The van der Waals surface area contributed by atoms with Gasteiger partial charge in [-0.1, -0.05) is 97.1 Å². The highest BCUT2D eigenvalue weighted by Crippen LogP contribution is 2.18. The lowest BCUT2D eigenvalue weighted by Gasteiger charge is -2.10. The topological polar surface area (TPSA) is 52.1 Å². The van der Waals surface area contributed by atoms with Gasteiger partial charge in [0.15, 0.2) is 0 Å². The van der Waals surface area contributed by atoms with Gasteiger partial charge in [-0.15, -0.1) is 0 Å². The first-order valence-corrected chi connectivity index (χ1v) is 12.7. The van der Waals surface area contributed by atoms with E-state index in [1.54, 1.807) is 12.1 Å². The molecule has 0 amide bonds. The highest BCUT2D eigenvalue weighted by atomic mass is 16.5. The van der Waals surface area contributed by atoms with Gasteiger partial charge in [0.1, 0.15) is 0 Å². The lowest BCUT2D eigenvalue weighted by molar-refractivity contribution is 0.0447. The van der Waals surface area contributed by atoms with Gasteiger partial charge in [0.05, 0.1) is 29.8 Å². The van der Waals surface area contributed by atoms with Crippen molar-refractivity contribution in [3.05, 3.63) is 47.9 Å². The van der Waals surface area contributed by atoms with Crippen molar-refractivity contribution in [3.8, 4) is 11.3 Å². The molecule has 4 heteroatoms. The number of nitrogens with zero attached hydrogens (tertiary/aromatic N) is 2. The summed E-state index contributed by atoms with van der Waals surface area (Å²) in [5.41, 5.74) is 3.42. The number of benzene rings is 1. The van der Waals surface area contributed by atoms with Crippen molar-refractivity contribution in [1.82, 2.24) is 9.97 Å². The molecule has 0 aliphatic carbocycles. The summed E-state index contributed by atoms with van der Waals surface area (Å²) in [6.45, 7) is 6.90. The Kier molecular flexibility index (Phi) is 12.6. The average Bonchev–Trinajstić information content (AvgIpc) is 2.84. The van der Waals surface area contributed by atoms with E-state index in [9.17, 15) is 4.79 Å². The summed E-state index contributed by atoms with van der Waals surface area (Å²) in [5.74, 6) is 0.113. The molecule has 0 aliphatic rings. The molecule has 1 aromatic heterocycles. The molecule has 1 unspecified atom stereocenters. The van der Waals surface area contributed by atoms with E-state index < -0.39 is 0 Å². The minimum Gasteiger partial charge on any atom is -0.462 e. The van der Waals surface area contributed by atoms with Crippen LogP contribution in [0.4, 0.5) is 0 Å². The summed E-state index contributed by atoms with van der Waals surface area (Å²) in [6.07, 6.45) is 19.1. The molecule has 176 valence electrons.